The molecule has 1 aliphatic rings. The summed E-state index contributed by atoms with van der Waals surface area (Å²) in [5.74, 6) is -0.844. The Morgan fingerprint density at radius 1 is 1.36 bits per heavy atom. The average Bonchev–Trinajstić information content (AvgIpc) is 2.96. The fourth-order valence-corrected chi connectivity index (χ4v) is 2.36. The van der Waals surface area contributed by atoms with E-state index in [0.717, 1.165) is 12.8 Å². The molecular formula is C15H20FN3O3. The molecule has 1 heterocycles. The van der Waals surface area contributed by atoms with Gasteiger partial charge in [-0.15, -0.1) is 0 Å². The summed E-state index contributed by atoms with van der Waals surface area (Å²) in [5, 5.41) is 7.71. The van der Waals surface area contributed by atoms with Crippen molar-refractivity contribution >= 4 is 23.3 Å². The van der Waals surface area contributed by atoms with Crippen molar-refractivity contribution in [3.63, 3.8) is 0 Å². The van der Waals surface area contributed by atoms with E-state index in [0.29, 0.717) is 12.3 Å². The number of hydrogen-bond donors (Lipinski definition) is 3. The predicted molar refractivity (Wildman–Crippen MR) is 81.3 cm³/mol. The maximum atomic E-state index is 13.7. The van der Waals surface area contributed by atoms with Crippen LogP contribution in [0.5, 0.6) is 0 Å². The lowest BCUT2D eigenvalue weighted by Gasteiger charge is -2.20. The van der Waals surface area contributed by atoms with E-state index in [4.69, 9.17) is 4.74 Å². The number of halogens is 1. The Morgan fingerprint density at radius 3 is 2.77 bits per heavy atom. The van der Waals surface area contributed by atoms with Crippen molar-refractivity contribution in [1.29, 1.82) is 0 Å². The summed E-state index contributed by atoms with van der Waals surface area (Å²) in [5.41, 5.74) is 0.416. The molecule has 0 aromatic heterocycles. The fraction of sp³-hybridized carbons (Fsp3) is 0.467. The van der Waals surface area contributed by atoms with Gasteiger partial charge >= 0.3 is 6.03 Å². The van der Waals surface area contributed by atoms with Crippen LogP contribution in [0, 0.1) is 5.82 Å². The van der Waals surface area contributed by atoms with Crippen LogP contribution in [0.3, 0.4) is 0 Å². The van der Waals surface area contributed by atoms with Crippen LogP contribution in [0.2, 0.25) is 0 Å². The maximum Gasteiger partial charge on any atom is 0.319 e. The van der Waals surface area contributed by atoms with Crippen molar-refractivity contribution < 1.29 is 18.7 Å². The van der Waals surface area contributed by atoms with E-state index in [9.17, 15) is 14.0 Å². The molecule has 0 radical (unpaired) electrons. The molecule has 2 atom stereocenters. The maximum absolute atomic E-state index is 13.7. The van der Waals surface area contributed by atoms with Gasteiger partial charge in [-0.3, -0.25) is 4.79 Å². The summed E-state index contributed by atoms with van der Waals surface area (Å²) >= 11 is 0. The molecule has 3 amide bonds. The highest BCUT2D eigenvalue weighted by atomic mass is 19.1. The molecule has 1 aromatic carbocycles. The van der Waals surface area contributed by atoms with Gasteiger partial charge in [0.1, 0.15) is 5.82 Å². The first kappa shape index (κ1) is 16.2. The SMILES string of the molecule is CC(=O)Nc1ccc(F)c(NC(=O)NC(C)C2CCCO2)c1. The number of urea groups is 1. The quantitative estimate of drug-likeness (QED) is 0.799. The van der Waals surface area contributed by atoms with Crippen LogP contribution < -0.4 is 16.0 Å². The molecule has 0 bridgehead atoms. The molecule has 22 heavy (non-hydrogen) atoms. The average molecular weight is 309 g/mol. The summed E-state index contributed by atoms with van der Waals surface area (Å²) in [6, 6.07) is 3.30. The standard InChI is InChI=1S/C15H20FN3O3/c1-9(14-4-3-7-22-14)17-15(21)19-13-8-11(18-10(2)20)5-6-12(13)16/h5-6,8-9,14H,3-4,7H2,1-2H3,(H,18,20)(H2,17,19,21). The normalized spacial score (nSPS) is 18.6. The Morgan fingerprint density at radius 2 is 2.14 bits per heavy atom. The Bertz CT molecular complexity index is 559. The first-order valence-corrected chi connectivity index (χ1v) is 7.22. The molecule has 1 aromatic rings. The van der Waals surface area contributed by atoms with Gasteiger partial charge in [-0.1, -0.05) is 0 Å². The predicted octanol–water partition coefficient (Wildman–Crippen LogP) is 2.47. The lowest BCUT2D eigenvalue weighted by molar-refractivity contribution is -0.114. The minimum absolute atomic E-state index is 0.00305. The van der Waals surface area contributed by atoms with Gasteiger partial charge in [0.2, 0.25) is 5.91 Å². The highest BCUT2D eigenvalue weighted by Crippen LogP contribution is 2.20. The highest BCUT2D eigenvalue weighted by molar-refractivity contribution is 5.92. The summed E-state index contributed by atoms with van der Waals surface area (Å²) < 4.78 is 19.2. The summed E-state index contributed by atoms with van der Waals surface area (Å²) in [4.78, 5) is 22.9. The van der Waals surface area contributed by atoms with Gasteiger partial charge in [0.05, 0.1) is 17.8 Å². The van der Waals surface area contributed by atoms with Crippen LogP contribution in [0.4, 0.5) is 20.6 Å². The molecule has 1 saturated heterocycles. The molecular weight excluding hydrogens is 289 g/mol. The first-order valence-electron chi connectivity index (χ1n) is 7.22. The van der Waals surface area contributed by atoms with E-state index in [1.54, 1.807) is 0 Å². The fourth-order valence-electron chi connectivity index (χ4n) is 2.36. The molecule has 2 unspecified atom stereocenters. The van der Waals surface area contributed by atoms with Crippen LogP contribution in [0.25, 0.3) is 0 Å². The lowest BCUT2D eigenvalue weighted by atomic mass is 10.1. The topological polar surface area (TPSA) is 79.5 Å². The lowest BCUT2D eigenvalue weighted by Crippen LogP contribution is -2.43. The smallest absolute Gasteiger partial charge is 0.319 e. The van der Waals surface area contributed by atoms with Crippen LogP contribution in [0.15, 0.2) is 18.2 Å². The van der Waals surface area contributed by atoms with E-state index in [1.807, 2.05) is 6.92 Å². The molecule has 0 saturated carbocycles. The van der Waals surface area contributed by atoms with Crippen molar-refractivity contribution in [2.75, 3.05) is 17.2 Å². The van der Waals surface area contributed by atoms with Crippen LogP contribution in [-0.4, -0.2) is 30.7 Å². The second-order valence-electron chi connectivity index (χ2n) is 5.31. The molecule has 1 fully saturated rings. The number of hydrogen-bond acceptors (Lipinski definition) is 3. The van der Waals surface area contributed by atoms with Crippen LogP contribution in [-0.2, 0) is 9.53 Å². The summed E-state index contributed by atoms with van der Waals surface area (Å²) in [6.45, 7) is 3.90. The number of amides is 3. The molecule has 6 nitrogen and oxygen atoms in total. The van der Waals surface area contributed by atoms with Crippen molar-refractivity contribution in [2.24, 2.45) is 0 Å². The second-order valence-corrected chi connectivity index (χ2v) is 5.31. The van der Waals surface area contributed by atoms with Gasteiger partial charge in [0, 0.05) is 19.2 Å². The second kappa shape index (κ2) is 7.22. The van der Waals surface area contributed by atoms with E-state index in [2.05, 4.69) is 16.0 Å². The van der Waals surface area contributed by atoms with Crippen molar-refractivity contribution in [1.82, 2.24) is 5.32 Å². The van der Waals surface area contributed by atoms with Gasteiger partial charge in [-0.05, 0) is 38.0 Å². The molecule has 120 valence electrons. The number of nitrogens with one attached hydrogen (secondary N) is 3. The number of benzene rings is 1. The summed E-state index contributed by atoms with van der Waals surface area (Å²) in [6.07, 6.45) is 1.86. The number of carbonyl (C=O) groups excluding carboxylic acids is 2. The molecule has 0 aliphatic carbocycles. The Kier molecular flexibility index (Phi) is 5.32. The van der Waals surface area contributed by atoms with E-state index in [1.165, 1.54) is 25.1 Å². The zero-order chi connectivity index (χ0) is 16.1. The largest absolute Gasteiger partial charge is 0.376 e. The van der Waals surface area contributed by atoms with Crippen molar-refractivity contribution in [3.05, 3.63) is 24.0 Å². The highest BCUT2D eigenvalue weighted by Gasteiger charge is 2.23. The van der Waals surface area contributed by atoms with Gasteiger partial charge in [-0.2, -0.15) is 0 Å². The molecule has 7 heteroatoms. The zero-order valence-corrected chi connectivity index (χ0v) is 12.6. The van der Waals surface area contributed by atoms with Gasteiger partial charge in [-0.25, -0.2) is 9.18 Å². The van der Waals surface area contributed by atoms with E-state index in [-0.39, 0.29) is 23.7 Å². The number of carbonyl (C=O) groups is 2. The Hall–Kier alpha value is -2.15. The molecule has 0 spiro atoms. The number of ether oxygens (including phenoxy) is 1. The third-order valence-corrected chi connectivity index (χ3v) is 3.42. The van der Waals surface area contributed by atoms with Gasteiger partial charge < -0.3 is 20.7 Å². The van der Waals surface area contributed by atoms with Gasteiger partial charge in [0.15, 0.2) is 0 Å². The number of rotatable bonds is 4. The minimum atomic E-state index is -0.575. The third-order valence-electron chi connectivity index (χ3n) is 3.42. The zero-order valence-electron chi connectivity index (χ0n) is 12.6. The van der Waals surface area contributed by atoms with Crippen LogP contribution in [0.1, 0.15) is 26.7 Å². The van der Waals surface area contributed by atoms with Crippen LogP contribution >= 0.6 is 0 Å². The first-order chi connectivity index (χ1) is 10.5. The third kappa shape index (κ3) is 4.42. The van der Waals surface area contributed by atoms with Gasteiger partial charge in [0.25, 0.3) is 0 Å². The summed E-state index contributed by atoms with van der Waals surface area (Å²) in [7, 11) is 0. The Labute approximate surface area is 128 Å². The number of anilines is 2. The van der Waals surface area contributed by atoms with E-state index < -0.39 is 11.8 Å². The monoisotopic (exact) mass is 309 g/mol. The van der Waals surface area contributed by atoms with Crippen molar-refractivity contribution in [2.45, 2.75) is 38.8 Å². The van der Waals surface area contributed by atoms with Crippen molar-refractivity contribution in [3.8, 4) is 0 Å². The molecule has 3 N–H and O–H groups in total. The van der Waals surface area contributed by atoms with E-state index >= 15 is 0 Å². The molecule has 1 aliphatic heterocycles. The minimum Gasteiger partial charge on any atom is -0.376 e. The Balaban J connectivity index is 1.96. The molecule has 2 rings (SSSR count).